The van der Waals surface area contributed by atoms with Crippen molar-refractivity contribution in [2.24, 2.45) is 23.0 Å². The molecule has 1 saturated carbocycles. The maximum atomic E-state index is 14.2. The number of morpholine rings is 1. The molecule has 2 aromatic rings. The summed E-state index contributed by atoms with van der Waals surface area (Å²) < 4.78 is 23.8. The molecule has 6 atom stereocenters. The van der Waals surface area contributed by atoms with Gasteiger partial charge in [0, 0.05) is 43.5 Å². The average Bonchev–Trinajstić information content (AvgIpc) is 3.62. The molecule has 3 amide bonds. The minimum Gasteiger partial charge on any atom is -0.491 e. The van der Waals surface area contributed by atoms with Gasteiger partial charge in [-0.1, -0.05) is 46.2 Å². The van der Waals surface area contributed by atoms with Gasteiger partial charge >= 0.3 is 6.09 Å². The number of benzene rings is 1. The summed E-state index contributed by atoms with van der Waals surface area (Å²) in [5.74, 6) is 1.38. The Morgan fingerprint density at radius 3 is 2.37 bits per heavy atom. The lowest BCUT2D eigenvalue weighted by Crippen LogP contribution is -2.57. The molecule has 1 aromatic heterocycles. The van der Waals surface area contributed by atoms with Crippen LogP contribution in [0.3, 0.4) is 0 Å². The summed E-state index contributed by atoms with van der Waals surface area (Å²) in [5.41, 5.74) is 5.67. The van der Waals surface area contributed by atoms with Gasteiger partial charge in [0.1, 0.15) is 53.2 Å². The predicted molar refractivity (Wildman–Crippen MR) is 196 cm³/mol. The molecule has 1 aliphatic carbocycles. The number of ether oxygens (including phenoxy) is 4. The van der Waals surface area contributed by atoms with Crippen molar-refractivity contribution in [3.8, 4) is 11.5 Å². The number of halogens is 1. The topological polar surface area (TPSA) is 158 Å². The zero-order valence-corrected chi connectivity index (χ0v) is 31.8. The number of nitrogens with one attached hydrogen (secondary N) is 2. The number of amides is 3. The number of hydrogen-bond donors (Lipinski definition) is 3. The smallest absolute Gasteiger partial charge is 0.408 e. The Morgan fingerprint density at radius 1 is 1.06 bits per heavy atom. The first-order valence-corrected chi connectivity index (χ1v) is 18.5. The van der Waals surface area contributed by atoms with Crippen molar-refractivity contribution in [2.75, 3.05) is 51.3 Å². The molecule has 4 N–H and O–H groups in total. The van der Waals surface area contributed by atoms with Gasteiger partial charge in [0.2, 0.25) is 11.8 Å². The number of nitrogens with zero attached hydrogens (tertiary/aromatic N) is 3. The summed E-state index contributed by atoms with van der Waals surface area (Å²) in [7, 11) is 0. The van der Waals surface area contributed by atoms with Crippen molar-refractivity contribution in [2.45, 2.75) is 98.1 Å². The number of aromatic nitrogens is 1. The fraction of sp³-hybridized carbons (Fsp3) is 0.676. The molecule has 1 aromatic carbocycles. The number of rotatable bonds is 12. The quantitative estimate of drug-likeness (QED) is 0.276. The molecule has 13 nitrogen and oxygen atoms in total. The monoisotopic (exact) mass is 730 g/mol. The lowest BCUT2D eigenvalue weighted by Gasteiger charge is -2.35. The van der Waals surface area contributed by atoms with E-state index in [1.165, 1.54) is 4.90 Å². The van der Waals surface area contributed by atoms with E-state index in [1.807, 2.05) is 40.7 Å². The van der Waals surface area contributed by atoms with E-state index in [9.17, 15) is 14.4 Å². The van der Waals surface area contributed by atoms with E-state index in [1.54, 1.807) is 12.1 Å². The van der Waals surface area contributed by atoms with Crippen molar-refractivity contribution in [1.29, 1.82) is 0 Å². The van der Waals surface area contributed by atoms with Gasteiger partial charge in [0.05, 0.1) is 25.3 Å². The summed E-state index contributed by atoms with van der Waals surface area (Å²) in [6.07, 6.45) is 0.306. The van der Waals surface area contributed by atoms with Crippen LogP contribution in [0.5, 0.6) is 11.5 Å². The molecule has 2 saturated heterocycles. The lowest BCUT2D eigenvalue weighted by atomic mass is 9.85. The van der Waals surface area contributed by atoms with Gasteiger partial charge in [-0.3, -0.25) is 14.5 Å². The Labute approximate surface area is 306 Å². The summed E-state index contributed by atoms with van der Waals surface area (Å²) in [5, 5.41) is 7.16. The van der Waals surface area contributed by atoms with Gasteiger partial charge in [-0.25, -0.2) is 9.78 Å². The first-order chi connectivity index (χ1) is 24.1. The van der Waals surface area contributed by atoms with Crippen LogP contribution in [0.1, 0.15) is 67.7 Å². The van der Waals surface area contributed by atoms with E-state index in [0.717, 1.165) is 32.5 Å². The minimum atomic E-state index is -0.967. The van der Waals surface area contributed by atoms with Crippen molar-refractivity contribution < 1.29 is 33.3 Å². The van der Waals surface area contributed by atoms with Crippen molar-refractivity contribution in [1.82, 2.24) is 20.1 Å². The highest BCUT2D eigenvalue weighted by molar-refractivity contribution is 6.36. The van der Waals surface area contributed by atoms with Gasteiger partial charge < -0.3 is 40.2 Å². The minimum absolute atomic E-state index is 0.0716. The number of carbonyl (C=O) groups is 3. The summed E-state index contributed by atoms with van der Waals surface area (Å²) >= 11 is 6.91. The van der Waals surface area contributed by atoms with Crippen LogP contribution in [0.15, 0.2) is 18.2 Å². The molecular weight excluding hydrogens is 676 g/mol. The highest BCUT2D eigenvalue weighted by Gasteiger charge is 2.45. The number of alkyl carbamates (subject to hydrolysis) is 1. The number of likely N-dealkylation sites (tertiary alicyclic amines) is 1. The first kappa shape index (κ1) is 38.7. The molecule has 51 heavy (non-hydrogen) atoms. The third-order valence-corrected chi connectivity index (χ3v) is 10.5. The zero-order valence-electron chi connectivity index (χ0n) is 31.0. The third-order valence-electron chi connectivity index (χ3n) is 10.1. The average molecular weight is 731 g/mol. The molecule has 2 aliphatic heterocycles. The molecule has 282 valence electrons. The van der Waals surface area contributed by atoms with Gasteiger partial charge in [-0.2, -0.15) is 0 Å². The fourth-order valence-electron chi connectivity index (χ4n) is 7.08. The second kappa shape index (κ2) is 16.4. The third kappa shape index (κ3) is 9.66. The van der Waals surface area contributed by atoms with Crippen molar-refractivity contribution in [3.05, 3.63) is 23.2 Å². The SMILES string of the molecule is CC(C)Nc1cc(O[C@@H]2C[C@@H](C(N)=O)N(C(=O)[C@@H](NC(=O)OC3CC(C)[C@H](C)C3)C(C)(C)C)C2)c2ccc(OCCN3CCOCC3)c(Cl)c2n1. The summed E-state index contributed by atoms with van der Waals surface area (Å²) in [6.45, 7) is 18.3. The molecule has 0 spiro atoms. The Kier molecular flexibility index (Phi) is 12.4. The second-order valence-electron chi connectivity index (χ2n) is 15.7. The highest BCUT2D eigenvalue weighted by atomic mass is 35.5. The van der Waals surface area contributed by atoms with Crippen LogP contribution in [0.4, 0.5) is 10.6 Å². The van der Waals surface area contributed by atoms with Gasteiger partial charge in [-0.05, 0) is 56.1 Å². The number of hydrogen-bond acceptors (Lipinski definition) is 10. The lowest BCUT2D eigenvalue weighted by molar-refractivity contribution is -0.141. The molecule has 0 radical (unpaired) electrons. The van der Waals surface area contributed by atoms with Crippen LogP contribution >= 0.6 is 11.6 Å². The standard InChI is InChI=1S/C37H55ClN6O7/c1-21(2)40-30-19-29(26-8-9-28(31(38)32(26)41-30)49-15-12-43-10-13-48-14-11-43)50-25-18-27(34(39)45)44(20-25)35(46)33(37(5,6)7)42-36(47)51-24-16-22(3)23(4)17-24/h8-9,19,21-25,27,33H,10-18,20H2,1-7H3,(H2,39,45)(H,40,41)(H,42,47)/t22-,23?,24?,25-,27+,33-/m1/s1. The predicted octanol–water partition coefficient (Wildman–Crippen LogP) is 4.83. The molecule has 3 heterocycles. The van der Waals surface area contributed by atoms with E-state index in [0.29, 0.717) is 64.9 Å². The van der Waals surface area contributed by atoms with Crippen LogP contribution in [0.25, 0.3) is 10.9 Å². The number of pyridine rings is 1. The van der Waals surface area contributed by atoms with E-state index in [2.05, 4.69) is 29.4 Å². The Morgan fingerprint density at radius 2 is 1.75 bits per heavy atom. The van der Waals surface area contributed by atoms with Crippen LogP contribution < -0.4 is 25.8 Å². The number of nitrogens with two attached hydrogens (primary N) is 1. The summed E-state index contributed by atoms with van der Waals surface area (Å²) in [4.78, 5) is 48.5. The van der Waals surface area contributed by atoms with Crippen LogP contribution in [-0.4, -0.2) is 109 Å². The van der Waals surface area contributed by atoms with E-state index < -0.39 is 41.5 Å². The first-order valence-electron chi connectivity index (χ1n) is 18.2. The maximum Gasteiger partial charge on any atom is 0.408 e. The van der Waals surface area contributed by atoms with Crippen LogP contribution in [-0.2, 0) is 19.1 Å². The molecule has 0 bridgehead atoms. The summed E-state index contributed by atoms with van der Waals surface area (Å²) in [6, 6.07) is 3.62. The van der Waals surface area contributed by atoms with E-state index in [4.69, 9.17) is 41.3 Å². The van der Waals surface area contributed by atoms with Crippen molar-refractivity contribution in [3.63, 3.8) is 0 Å². The second-order valence-corrected chi connectivity index (χ2v) is 16.0. The van der Waals surface area contributed by atoms with Crippen LogP contribution in [0, 0.1) is 17.3 Å². The Hall–Kier alpha value is -3.55. The van der Waals surface area contributed by atoms with E-state index in [-0.39, 0.29) is 25.1 Å². The number of primary amides is 1. The van der Waals surface area contributed by atoms with Gasteiger partial charge in [-0.15, -0.1) is 0 Å². The molecular formula is C37H55ClN6O7. The Balaban J connectivity index is 1.34. The zero-order chi connectivity index (χ0) is 37.0. The van der Waals surface area contributed by atoms with E-state index >= 15 is 0 Å². The molecule has 14 heteroatoms. The largest absolute Gasteiger partial charge is 0.491 e. The number of carbonyl (C=O) groups excluding carboxylic acids is 3. The van der Waals surface area contributed by atoms with Gasteiger partial charge in [0.25, 0.3) is 0 Å². The van der Waals surface area contributed by atoms with Gasteiger partial charge in [0.15, 0.2) is 0 Å². The maximum absolute atomic E-state index is 14.2. The molecule has 5 rings (SSSR count). The Bertz CT molecular complexity index is 1550. The number of anilines is 1. The van der Waals surface area contributed by atoms with Crippen LogP contribution in [0.2, 0.25) is 5.02 Å². The number of fused-ring (bicyclic) bond motifs is 1. The molecule has 3 aliphatic rings. The van der Waals surface area contributed by atoms with Crippen molar-refractivity contribution >= 4 is 46.2 Å². The highest BCUT2D eigenvalue weighted by Crippen LogP contribution is 2.39. The molecule has 2 unspecified atom stereocenters. The fourth-order valence-corrected chi connectivity index (χ4v) is 7.34. The molecule has 3 fully saturated rings. The normalized spacial score (nSPS) is 24.8.